The first-order valence-corrected chi connectivity index (χ1v) is 14.5. The third-order valence-corrected chi connectivity index (χ3v) is 8.12. The van der Waals surface area contributed by atoms with E-state index in [1.807, 2.05) is 6.07 Å². The highest BCUT2D eigenvalue weighted by Gasteiger charge is 2.28. The van der Waals surface area contributed by atoms with Gasteiger partial charge in [-0.3, -0.25) is 4.90 Å². The van der Waals surface area contributed by atoms with E-state index in [2.05, 4.69) is 41.5 Å². The summed E-state index contributed by atoms with van der Waals surface area (Å²) >= 11 is 0. The molecule has 0 bridgehead atoms. The number of piperazine rings is 1. The van der Waals surface area contributed by atoms with Crippen LogP contribution in [0.5, 0.6) is 5.75 Å². The van der Waals surface area contributed by atoms with Crippen LogP contribution in [-0.2, 0) is 4.74 Å². The highest BCUT2D eigenvalue weighted by molar-refractivity contribution is 5.64. The minimum atomic E-state index is -1.14. The number of nitriles is 1. The zero-order valence-electron chi connectivity index (χ0n) is 23.3. The lowest BCUT2D eigenvalue weighted by Crippen LogP contribution is -2.51. The first kappa shape index (κ1) is 28.2. The number of benzene rings is 2. The Kier molecular flexibility index (Phi) is 8.69. The molecule has 42 heavy (non-hydrogen) atoms. The number of aromatic nitrogens is 3. The van der Waals surface area contributed by atoms with Gasteiger partial charge in [0.15, 0.2) is 5.82 Å². The molecule has 1 aromatic heterocycles. The Morgan fingerprint density at radius 2 is 1.88 bits per heavy atom. The average Bonchev–Trinajstić information content (AvgIpc) is 3.03. The van der Waals surface area contributed by atoms with Crippen molar-refractivity contribution in [3.63, 3.8) is 0 Å². The van der Waals surface area contributed by atoms with Crippen molar-refractivity contribution in [2.45, 2.75) is 37.6 Å². The van der Waals surface area contributed by atoms with Crippen molar-refractivity contribution in [1.29, 1.82) is 5.26 Å². The first-order chi connectivity index (χ1) is 20.6. The molecule has 12 heteroatoms. The zero-order chi connectivity index (χ0) is 28.9. The molecule has 0 unspecified atom stereocenters. The lowest BCUT2D eigenvalue weighted by atomic mass is 10.1. The van der Waals surface area contributed by atoms with Gasteiger partial charge in [-0.05, 0) is 62.2 Å². The topological polar surface area (TPSA) is 111 Å². The number of ether oxygens (including phenoxy) is 2. The molecule has 6 rings (SSSR count). The fourth-order valence-corrected chi connectivity index (χ4v) is 5.80. The second kappa shape index (κ2) is 12.9. The van der Waals surface area contributed by atoms with Gasteiger partial charge in [0.1, 0.15) is 36.2 Å². The summed E-state index contributed by atoms with van der Waals surface area (Å²) in [5, 5.41) is 15.7. The molecule has 0 spiro atoms. The van der Waals surface area contributed by atoms with Gasteiger partial charge in [0.05, 0.1) is 11.3 Å². The molecule has 0 radical (unpaired) electrons. The Labute approximate surface area is 243 Å². The molecule has 2 aromatic carbocycles. The molecule has 220 valence electrons. The molecule has 0 saturated carbocycles. The molecule has 3 aromatic rings. The van der Waals surface area contributed by atoms with E-state index in [9.17, 15) is 9.65 Å². The van der Waals surface area contributed by atoms with E-state index in [0.717, 1.165) is 52.2 Å². The van der Waals surface area contributed by atoms with E-state index in [1.54, 1.807) is 24.3 Å². The molecule has 2 atom stereocenters. The fraction of sp³-hybridized carbons (Fsp3) is 0.467. The standard InChI is InChI=1S/C30H34F2N8O2/c31-24-16-22(2-3-26(24)40-11-9-39(10-12-40)23-6-13-41-14-7-23)37-30-36-19-35-29(38-30)20-1-4-27(21(15-20)17-33)42-28-5-8-34-18-25(28)32/h1-4,15-16,19,23,25,28,34H,5-14,18H2,(H,35,36,37,38)/t25-,28-/m0/s1. The van der Waals surface area contributed by atoms with Crippen LogP contribution in [0.3, 0.4) is 0 Å². The van der Waals surface area contributed by atoms with E-state index in [1.165, 1.54) is 12.4 Å². The third kappa shape index (κ3) is 6.43. The van der Waals surface area contributed by atoms with Gasteiger partial charge in [-0.15, -0.1) is 0 Å². The molecule has 0 aliphatic carbocycles. The van der Waals surface area contributed by atoms with Crippen molar-refractivity contribution in [1.82, 2.24) is 25.2 Å². The summed E-state index contributed by atoms with van der Waals surface area (Å²) < 4.78 is 40.8. The van der Waals surface area contributed by atoms with Crippen LogP contribution in [0.4, 0.5) is 26.1 Å². The molecular weight excluding hydrogens is 542 g/mol. The van der Waals surface area contributed by atoms with Crippen LogP contribution in [0, 0.1) is 17.1 Å². The molecule has 3 fully saturated rings. The number of anilines is 3. The summed E-state index contributed by atoms with van der Waals surface area (Å²) in [6.07, 6.45) is 2.24. The number of piperidine rings is 1. The van der Waals surface area contributed by atoms with Crippen molar-refractivity contribution >= 4 is 17.3 Å². The number of rotatable bonds is 7. The predicted molar refractivity (Wildman–Crippen MR) is 154 cm³/mol. The maximum atomic E-state index is 15.2. The number of hydrogen-bond donors (Lipinski definition) is 2. The third-order valence-electron chi connectivity index (χ3n) is 8.12. The molecule has 0 amide bonds. The van der Waals surface area contributed by atoms with Gasteiger partial charge in [0.2, 0.25) is 5.95 Å². The van der Waals surface area contributed by atoms with Crippen LogP contribution < -0.4 is 20.3 Å². The smallest absolute Gasteiger partial charge is 0.230 e. The van der Waals surface area contributed by atoms with E-state index in [-0.39, 0.29) is 23.9 Å². The maximum absolute atomic E-state index is 15.2. The van der Waals surface area contributed by atoms with Gasteiger partial charge >= 0.3 is 0 Å². The van der Waals surface area contributed by atoms with Gasteiger partial charge in [0.25, 0.3) is 0 Å². The van der Waals surface area contributed by atoms with Crippen LogP contribution in [-0.4, -0.2) is 90.7 Å². The molecule has 2 N–H and O–H groups in total. The lowest BCUT2D eigenvalue weighted by Gasteiger charge is -2.41. The molecule has 3 saturated heterocycles. The van der Waals surface area contributed by atoms with Gasteiger partial charge < -0.3 is 25.0 Å². The number of nitrogens with one attached hydrogen (secondary N) is 2. The van der Waals surface area contributed by atoms with Crippen LogP contribution in [0.1, 0.15) is 24.8 Å². The highest BCUT2D eigenvalue weighted by atomic mass is 19.1. The normalized spacial score (nSPS) is 22.0. The van der Waals surface area contributed by atoms with Gasteiger partial charge in [-0.25, -0.2) is 18.7 Å². The average molecular weight is 577 g/mol. The quantitative estimate of drug-likeness (QED) is 0.432. The van der Waals surface area contributed by atoms with Crippen molar-refractivity contribution in [2.75, 3.05) is 62.7 Å². The Morgan fingerprint density at radius 1 is 1.05 bits per heavy atom. The van der Waals surface area contributed by atoms with Crippen LogP contribution >= 0.6 is 0 Å². The number of nitrogens with zero attached hydrogens (tertiary/aromatic N) is 6. The molecule has 10 nitrogen and oxygen atoms in total. The summed E-state index contributed by atoms with van der Waals surface area (Å²) in [5.41, 5.74) is 1.93. The Bertz CT molecular complexity index is 1420. The van der Waals surface area contributed by atoms with E-state index < -0.39 is 12.3 Å². The molecular formula is C30H34F2N8O2. The minimum absolute atomic E-state index is 0.228. The summed E-state index contributed by atoms with van der Waals surface area (Å²) in [7, 11) is 0. The Balaban J connectivity index is 1.10. The van der Waals surface area contributed by atoms with Gasteiger partial charge in [0, 0.05) is 63.2 Å². The number of alkyl halides is 1. The Hall–Kier alpha value is -3.92. The van der Waals surface area contributed by atoms with Crippen molar-refractivity contribution < 1.29 is 18.3 Å². The van der Waals surface area contributed by atoms with Crippen LogP contribution in [0.15, 0.2) is 42.7 Å². The van der Waals surface area contributed by atoms with E-state index in [0.29, 0.717) is 47.5 Å². The van der Waals surface area contributed by atoms with Gasteiger partial charge in [-0.1, -0.05) is 0 Å². The molecule has 3 aliphatic rings. The number of halogens is 2. The first-order valence-electron chi connectivity index (χ1n) is 14.5. The van der Waals surface area contributed by atoms with Crippen molar-refractivity contribution in [2.24, 2.45) is 0 Å². The van der Waals surface area contributed by atoms with Crippen molar-refractivity contribution in [3.8, 4) is 23.2 Å². The summed E-state index contributed by atoms with van der Waals surface area (Å²) in [4.78, 5) is 17.5. The second-order valence-corrected chi connectivity index (χ2v) is 10.8. The van der Waals surface area contributed by atoms with E-state index in [4.69, 9.17) is 9.47 Å². The second-order valence-electron chi connectivity index (χ2n) is 10.8. The van der Waals surface area contributed by atoms with Crippen LogP contribution in [0.2, 0.25) is 0 Å². The number of hydrogen-bond acceptors (Lipinski definition) is 10. The highest BCUT2D eigenvalue weighted by Crippen LogP contribution is 2.29. The molecule has 3 aliphatic heterocycles. The largest absolute Gasteiger partial charge is 0.486 e. The SMILES string of the molecule is N#Cc1cc(-c2ncnc(Nc3ccc(N4CCN(C5CCOCC5)CC4)c(F)c3)n2)ccc1O[C@H]1CCNC[C@@H]1F. The maximum Gasteiger partial charge on any atom is 0.230 e. The summed E-state index contributed by atoms with van der Waals surface area (Å²) in [6, 6.07) is 12.7. The lowest BCUT2D eigenvalue weighted by molar-refractivity contribution is 0.0321. The van der Waals surface area contributed by atoms with Gasteiger partial charge in [-0.2, -0.15) is 10.2 Å². The monoisotopic (exact) mass is 576 g/mol. The predicted octanol–water partition coefficient (Wildman–Crippen LogP) is 3.67. The summed E-state index contributed by atoms with van der Waals surface area (Å²) in [6.45, 7) is 5.90. The van der Waals surface area contributed by atoms with E-state index >= 15 is 4.39 Å². The Morgan fingerprint density at radius 3 is 2.64 bits per heavy atom. The molecule has 4 heterocycles. The van der Waals surface area contributed by atoms with Crippen LogP contribution in [0.25, 0.3) is 11.4 Å². The zero-order valence-corrected chi connectivity index (χ0v) is 23.3. The minimum Gasteiger partial charge on any atom is -0.486 e. The summed E-state index contributed by atoms with van der Waals surface area (Å²) in [5.74, 6) is 0.586. The fourth-order valence-electron chi connectivity index (χ4n) is 5.80. The van der Waals surface area contributed by atoms with Crippen molar-refractivity contribution in [3.05, 3.63) is 54.1 Å².